The van der Waals surface area contributed by atoms with Gasteiger partial charge < -0.3 is 5.32 Å². The Morgan fingerprint density at radius 3 is 2.71 bits per heavy atom. The van der Waals surface area contributed by atoms with Gasteiger partial charge in [0.1, 0.15) is 5.25 Å². The maximum absolute atomic E-state index is 12.2. The number of carbonyl (C=O) groups excluding carboxylic acids is 1. The molecule has 0 radical (unpaired) electrons. The lowest BCUT2D eigenvalue weighted by Gasteiger charge is -2.13. The maximum atomic E-state index is 12.2. The van der Waals surface area contributed by atoms with Gasteiger partial charge in [0, 0.05) is 23.1 Å². The van der Waals surface area contributed by atoms with Crippen LogP contribution in [0.3, 0.4) is 0 Å². The lowest BCUT2D eigenvalue weighted by atomic mass is 10.2. The normalized spacial score (nSPS) is 12.6. The van der Waals surface area contributed by atoms with Gasteiger partial charge in [-0.1, -0.05) is 19.1 Å². The number of nitrogens with one attached hydrogen (secondary N) is 1. The Hall–Kier alpha value is -2.28. The van der Waals surface area contributed by atoms with E-state index in [-0.39, 0.29) is 5.75 Å². The first-order valence-corrected chi connectivity index (χ1v) is 9.47. The molecule has 0 saturated heterocycles. The van der Waals surface area contributed by atoms with E-state index in [9.17, 15) is 13.2 Å². The van der Waals surface area contributed by atoms with Crippen molar-refractivity contribution in [3.8, 4) is 11.4 Å². The Balaban J connectivity index is 2.19. The van der Waals surface area contributed by atoms with Crippen molar-refractivity contribution in [3.63, 3.8) is 0 Å². The molecule has 128 valence electrons. The molecule has 1 heterocycles. The van der Waals surface area contributed by atoms with Crippen LogP contribution in [0.5, 0.6) is 0 Å². The minimum absolute atomic E-state index is 0.00123. The first-order valence-electron chi connectivity index (χ1n) is 7.76. The number of hydrogen-bond acceptors (Lipinski definition) is 5. The predicted octanol–water partition coefficient (Wildman–Crippen LogP) is 2.60. The van der Waals surface area contributed by atoms with Crippen molar-refractivity contribution in [1.29, 1.82) is 0 Å². The van der Waals surface area contributed by atoms with Crippen molar-refractivity contribution in [2.75, 3.05) is 11.1 Å². The molecule has 1 aromatic heterocycles. The van der Waals surface area contributed by atoms with E-state index in [4.69, 9.17) is 0 Å². The predicted molar refractivity (Wildman–Crippen MR) is 94.4 cm³/mol. The van der Waals surface area contributed by atoms with E-state index in [0.717, 1.165) is 11.3 Å². The minimum Gasteiger partial charge on any atom is -0.325 e. The van der Waals surface area contributed by atoms with Gasteiger partial charge in [0.2, 0.25) is 5.91 Å². The zero-order chi connectivity index (χ0) is 17.7. The molecule has 0 aliphatic heterocycles. The monoisotopic (exact) mass is 347 g/mol. The van der Waals surface area contributed by atoms with Crippen LogP contribution in [-0.4, -0.2) is 35.3 Å². The second kappa shape index (κ2) is 7.53. The van der Waals surface area contributed by atoms with E-state index < -0.39 is 21.0 Å². The van der Waals surface area contributed by atoms with Gasteiger partial charge in [0.05, 0.1) is 5.75 Å². The standard InChI is InChI=1S/C17H21N3O3S/c1-4-10-24(22,23)13(3)17(21)20-15-7-5-6-14(11-15)16-18-9-8-12(2)19-16/h5-9,11,13H,4,10H2,1-3H3,(H,20,21)/t13-/m1/s1. The number of aryl methyl sites for hydroxylation is 1. The molecule has 1 aromatic carbocycles. The maximum Gasteiger partial charge on any atom is 0.242 e. The van der Waals surface area contributed by atoms with E-state index in [2.05, 4.69) is 15.3 Å². The Morgan fingerprint density at radius 2 is 2.04 bits per heavy atom. The van der Waals surface area contributed by atoms with Gasteiger partial charge in [-0.05, 0) is 38.5 Å². The van der Waals surface area contributed by atoms with Crippen molar-refractivity contribution in [1.82, 2.24) is 9.97 Å². The summed E-state index contributed by atoms with van der Waals surface area (Å²) in [5, 5.41) is 1.57. The molecule has 1 amide bonds. The van der Waals surface area contributed by atoms with Crippen LogP contribution in [0.1, 0.15) is 26.0 Å². The van der Waals surface area contributed by atoms with E-state index in [1.807, 2.05) is 13.0 Å². The molecule has 24 heavy (non-hydrogen) atoms. The Bertz CT molecular complexity index is 834. The van der Waals surface area contributed by atoms with Crippen molar-refractivity contribution in [2.24, 2.45) is 0 Å². The number of hydrogen-bond donors (Lipinski definition) is 1. The Morgan fingerprint density at radius 1 is 1.29 bits per heavy atom. The average molecular weight is 347 g/mol. The molecule has 0 fully saturated rings. The zero-order valence-electron chi connectivity index (χ0n) is 14.0. The largest absolute Gasteiger partial charge is 0.325 e. The summed E-state index contributed by atoms with van der Waals surface area (Å²) >= 11 is 0. The van der Waals surface area contributed by atoms with Crippen LogP contribution in [0.15, 0.2) is 36.5 Å². The average Bonchev–Trinajstić information content (AvgIpc) is 2.54. The highest BCUT2D eigenvalue weighted by Crippen LogP contribution is 2.20. The second-order valence-corrected chi connectivity index (χ2v) is 8.04. The van der Waals surface area contributed by atoms with Crippen LogP contribution >= 0.6 is 0 Å². The van der Waals surface area contributed by atoms with Gasteiger partial charge in [-0.2, -0.15) is 0 Å². The van der Waals surface area contributed by atoms with Gasteiger partial charge >= 0.3 is 0 Å². The number of sulfone groups is 1. The van der Waals surface area contributed by atoms with Gasteiger partial charge in [0.25, 0.3) is 0 Å². The topological polar surface area (TPSA) is 89.0 Å². The molecular formula is C17H21N3O3S. The first kappa shape index (κ1) is 18.1. The molecule has 0 unspecified atom stereocenters. The van der Waals surface area contributed by atoms with Gasteiger partial charge in [-0.25, -0.2) is 18.4 Å². The third-order valence-corrected chi connectivity index (χ3v) is 5.85. The summed E-state index contributed by atoms with van der Waals surface area (Å²) in [6, 6.07) is 8.83. The number of rotatable bonds is 6. The third kappa shape index (κ3) is 4.38. The molecule has 0 aliphatic rings. The lowest BCUT2D eigenvalue weighted by molar-refractivity contribution is -0.115. The van der Waals surface area contributed by atoms with E-state index in [1.165, 1.54) is 6.92 Å². The molecule has 7 heteroatoms. The molecular weight excluding hydrogens is 326 g/mol. The third-order valence-electron chi connectivity index (χ3n) is 3.58. The number of benzene rings is 1. The van der Waals surface area contributed by atoms with Crippen LogP contribution in [-0.2, 0) is 14.6 Å². The molecule has 0 bridgehead atoms. The fraction of sp³-hybridized carbons (Fsp3) is 0.353. The van der Waals surface area contributed by atoms with Crippen LogP contribution in [0.2, 0.25) is 0 Å². The molecule has 1 N–H and O–H groups in total. The summed E-state index contributed by atoms with van der Waals surface area (Å²) in [5.74, 6) is 0.0159. The van der Waals surface area contributed by atoms with Gasteiger partial charge in [-0.3, -0.25) is 4.79 Å². The van der Waals surface area contributed by atoms with Gasteiger partial charge in [-0.15, -0.1) is 0 Å². The molecule has 2 rings (SSSR count). The molecule has 6 nitrogen and oxygen atoms in total. The van der Waals surface area contributed by atoms with E-state index >= 15 is 0 Å². The number of carbonyl (C=O) groups is 1. The first-order chi connectivity index (χ1) is 11.3. The van der Waals surface area contributed by atoms with Gasteiger partial charge in [0.15, 0.2) is 15.7 Å². The molecule has 1 atom stereocenters. The number of amides is 1. The van der Waals surface area contributed by atoms with Crippen molar-refractivity contribution in [2.45, 2.75) is 32.4 Å². The highest BCUT2D eigenvalue weighted by Gasteiger charge is 2.27. The summed E-state index contributed by atoms with van der Waals surface area (Å²) in [4.78, 5) is 20.8. The minimum atomic E-state index is -3.43. The van der Waals surface area contributed by atoms with Crippen LogP contribution in [0.4, 0.5) is 5.69 Å². The number of anilines is 1. The highest BCUT2D eigenvalue weighted by atomic mass is 32.2. The summed E-state index contributed by atoms with van der Waals surface area (Å²) in [6.07, 6.45) is 2.16. The quantitative estimate of drug-likeness (QED) is 0.867. The van der Waals surface area contributed by atoms with Crippen LogP contribution in [0.25, 0.3) is 11.4 Å². The second-order valence-electron chi connectivity index (χ2n) is 5.60. The lowest BCUT2D eigenvalue weighted by Crippen LogP contribution is -2.34. The molecule has 0 aliphatic carbocycles. The SMILES string of the molecule is CCCS(=O)(=O)[C@H](C)C(=O)Nc1cccc(-c2nccc(C)n2)c1. The van der Waals surface area contributed by atoms with Crippen molar-refractivity contribution >= 4 is 21.4 Å². The van der Waals surface area contributed by atoms with E-state index in [1.54, 1.807) is 37.4 Å². The summed E-state index contributed by atoms with van der Waals surface area (Å²) in [5.41, 5.74) is 2.11. The smallest absolute Gasteiger partial charge is 0.242 e. The van der Waals surface area contributed by atoms with Crippen molar-refractivity contribution < 1.29 is 13.2 Å². The van der Waals surface area contributed by atoms with Crippen LogP contribution < -0.4 is 5.32 Å². The summed E-state index contributed by atoms with van der Waals surface area (Å²) in [7, 11) is -3.43. The molecule has 0 spiro atoms. The fourth-order valence-electron chi connectivity index (χ4n) is 2.19. The fourth-order valence-corrected chi connectivity index (χ4v) is 3.50. The van der Waals surface area contributed by atoms with Crippen molar-refractivity contribution in [3.05, 3.63) is 42.2 Å². The summed E-state index contributed by atoms with van der Waals surface area (Å²) < 4.78 is 24.0. The summed E-state index contributed by atoms with van der Waals surface area (Å²) in [6.45, 7) is 5.05. The zero-order valence-corrected chi connectivity index (χ0v) is 14.8. The Labute approximate surface area is 142 Å². The number of aromatic nitrogens is 2. The van der Waals surface area contributed by atoms with Crippen LogP contribution in [0, 0.1) is 6.92 Å². The molecule has 0 saturated carbocycles. The highest BCUT2D eigenvalue weighted by molar-refractivity contribution is 7.92. The molecule has 2 aromatic rings. The Kier molecular flexibility index (Phi) is 5.66. The van der Waals surface area contributed by atoms with E-state index in [0.29, 0.717) is 17.9 Å². The number of nitrogens with zero attached hydrogens (tertiary/aromatic N) is 2.